The van der Waals surface area contributed by atoms with E-state index in [1.54, 1.807) is 14.2 Å². The molecule has 2 aromatic rings. The van der Waals surface area contributed by atoms with E-state index in [1.165, 1.54) is 70.6 Å². The highest BCUT2D eigenvalue weighted by molar-refractivity contribution is 5.78. The van der Waals surface area contributed by atoms with Crippen molar-refractivity contribution in [3.63, 3.8) is 0 Å². The lowest BCUT2D eigenvalue weighted by Gasteiger charge is -2.41. The highest BCUT2D eigenvalue weighted by Crippen LogP contribution is 2.39. The van der Waals surface area contributed by atoms with Gasteiger partial charge in [-0.3, -0.25) is 10.1 Å². The molecule has 1 atom stereocenters. The summed E-state index contributed by atoms with van der Waals surface area (Å²) in [5.74, 6) is 1.44. The number of amides is 1. The molecule has 0 radical (unpaired) electrons. The summed E-state index contributed by atoms with van der Waals surface area (Å²) in [5, 5.41) is 7.03. The molecule has 1 aliphatic rings. The van der Waals surface area contributed by atoms with Crippen LogP contribution in [0.1, 0.15) is 114 Å². The van der Waals surface area contributed by atoms with E-state index in [9.17, 15) is 4.79 Å². The Balaban J connectivity index is 1.46. The van der Waals surface area contributed by atoms with Crippen molar-refractivity contribution in [3.05, 3.63) is 71.3 Å². The number of fused-ring (bicyclic) bond motifs is 1. The van der Waals surface area contributed by atoms with Gasteiger partial charge >= 0.3 is 0 Å². The van der Waals surface area contributed by atoms with Crippen molar-refractivity contribution >= 4 is 5.91 Å². The Kier molecular flexibility index (Phi) is 14.1. The number of unbranched alkanes of at least 4 members (excludes halogenated alkanes) is 11. The largest absolute Gasteiger partial charge is 0.493 e. The first-order chi connectivity index (χ1) is 19.6. The molecule has 5 heteroatoms. The SMILES string of the molecule is CCCCCCCC/C=C\CCCCCCCC(=O)NC1(c2ccccc2)NCCc2cc(OC)c(OC)cc21. The van der Waals surface area contributed by atoms with Gasteiger partial charge in [-0.2, -0.15) is 0 Å². The molecule has 0 saturated heterocycles. The minimum absolute atomic E-state index is 0.0663. The predicted molar refractivity (Wildman–Crippen MR) is 166 cm³/mol. The van der Waals surface area contributed by atoms with Crippen LogP contribution in [0.25, 0.3) is 0 Å². The first-order valence-corrected chi connectivity index (χ1v) is 15.7. The van der Waals surface area contributed by atoms with Gasteiger partial charge in [-0.15, -0.1) is 0 Å². The number of hydrogen-bond acceptors (Lipinski definition) is 4. The molecule has 1 unspecified atom stereocenters. The van der Waals surface area contributed by atoms with Crippen LogP contribution in [-0.4, -0.2) is 26.7 Å². The fourth-order valence-corrected chi connectivity index (χ4v) is 5.71. The van der Waals surface area contributed by atoms with Gasteiger partial charge in [-0.05, 0) is 61.8 Å². The number of allylic oxidation sites excluding steroid dienone is 2. The second kappa shape index (κ2) is 17.8. The first kappa shape index (κ1) is 31.7. The summed E-state index contributed by atoms with van der Waals surface area (Å²) in [6.45, 7) is 3.02. The number of methoxy groups -OCH3 is 2. The molecular weight excluding hydrogens is 496 g/mol. The third-order valence-electron chi connectivity index (χ3n) is 8.00. The van der Waals surface area contributed by atoms with Gasteiger partial charge in [0.1, 0.15) is 5.66 Å². The number of rotatable bonds is 19. The van der Waals surface area contributed by atoms with Crippen molar-refractivity contribution in [1.82, 2.24) is 10.6 Å². The number of benzene rings is 2. The number of hydrogen-bond donors (Lipinski definition) is 2. The van der Waals surface area contributed by atoms with E-state index in [0.29, 0.717) is 17.9 Å². The molecule has 40 heavy (non-hydrogen) atoms. The zero-order chi connectivity index (χ0) is 28.5. The molecule has 3 rings (SSSR count). The zero-order valence-corrected chi connectivity index (χ0v) is 25.2. The standard InChI is InChI=1S/C35H52N2O3/c1-4-5-6-7-8-9-10-11-12-13-14-15-16-17-21-24-34(38)37-35(30-22-19-18-20-23-30)31-28-33(40-3)32(39-2)27-29(31)25-26-36-35/h11-12,18-20,22-23,27-28,36H,4-10,13-17,21,24-26H2,1-3H3,(H,37,38)/b12-11-. The van der Waals surface area contributed by atoms with E-state index in [0.717, 1.165) is 42.5 Å². The third kappa shape index (κ3) is 9.40. The summed E-state index contributed by atoms with van der Waals surface area (Å²) in [6.07, 6.45) is 22.3. The van der Waals surface area contributed by atoms with Crippen LogP contribution >= 0.6 is 0 Å². The average Bonchev–Trinajstić information content (AvgIpc) is 2.99. The minimum Gasteiger partial charge on any atom is -0.493 e. The second-order valence-corrected chi connectivity index (χ2v) is 11.0. The van der Waals surface area contributed by atoms with Gasteiger partial charge in [-0.25, -0.2) is 0 Å². The molecular formula is C35H52N2O3. The number of nitrogens with one attached hydrogen (secondary N) is 2. The molecule has 0 aromatic heterocycles. The van der Waals surface area contributed by atoms with E-state index in [4.69, 9.17) is 9.47 Å². The van der Waals surface area contributed by atoms with Crippen molar-refractivity contribution < 1.29 is 14.3 Å². The topological polar surface area (TPSA) is 59.6 Å². The maximum absolute atomic E-state index is 13.3. The van der Waals surface area contributed by atoms with E-state index < -0.39 is 5.66 Å². The Hall–Kier alpha value is -2.79. The third-order valence-corrected chi connectivity index (χ3v) is 8.00. The zero-order valence-electron chi connectivity index (χ0n) is 25.2. The van der Waals surface area contributed by atoms with Crippen LogP contribution in [0.15, 0.2) is 54.6 Å². The lowest BCUT2D eigenvalue weighted by molar-refractivity contribution is -0.123. The molecule has 0 aliphatic carbocycles. The highest BCUT2D eigenvalue weighted by Gasteiger charge is 2.40. The van der Waals surface area contributed by atoms with Crippen LogP contribution in [-0.2, 0) is 16.9 Å². The van der Waals surface area contributed by atoms with E-state index in [2.05, 4.69) is 41.8 Å². The molecule has 1 aliphatic heterocycles. The minimum atomic E-state index is -0.798. The molecule has 2 N–H and O–H groups in total. The van der Waals surface area contributed by atoms with E-state index >= 15 is 0 Å². The van der Waals surface area contributed by atoms with Crippen LogP contribution in [0.4, 0.5) is 0 Å². The van der Waals surface area contributed by atoms with E-state index in [1.807, 2.05) is 30.3 Å². The summed E-state index contributed by atoms with van der Waals surface area (Å²) in [7, 11) is 3.31. The van der Waals surface area contributed by atoms with Crippen molar-refractivity contribution in [1.29, 1.82) is 0 Å². The maximum Gasteiger partial charge on any atom is 0.221 e. The molecule has 220 valence electrons. The molecule has 0 bridgehead atoms. The average molecular weight is 549 g/mol. The molecule has 0 fully saturated rings. The van der Waals surface area contributed by atoms with Gasteiger partial charge in [0.2, 0.25) is 5.91 Å². The van der Waals surface area contributed by atoms with Gasteiger partial charge in [0.05, 0.1) is 14.2 Å². The van der Waals surface area contributed by atoms with E-state index in [-0.39, 0.29) is 5.91 Å². The summed E-state index contributed by atoms with van der Waals surface area (Å²) in [6, 6.07) is 14.2. The smallest absolute Gasteiger partial charge is 0.221 e. The van der Waals surface area contributed by atoms with Crippen LogP contribution in [0.3, 0.4) is 0 Å². The van der Waals surface area contributed by atoms with Crippen molar-refractivity contribution in [2.24, 2.45) is 0 Å². The monoisotopic (exact) mass is 548 g/mol. The predicted octanol–water partition coefficient (Wildman–Crippen LogP) is 8.20. The van der Waals surface area contributed by atoms with Gasteiger partial charge < -0.3 is 14.8 Å². The maximum atomic E-state index is 13.3. The molecule has 2 aromatic carbocycles. The quantitative estimate of drug-likeness (QED) is 0.137. The van der Waals surface area contributed by atoms with Gasteiger partial charge in [0.15, 0.2) is 11.5 Å². The van der Waals surface area contributed by atoms with Crippen molar-refractivity contribution in [3.8, 4) is 11.5 Å². The van der Waals surface area contributed by atoms with Crippen LogP contribution in [0, 0.1) is 0 Å². The fraction of sp³-hybridized carbons (Fsp3) is 0.571. The summed E-state index contributed by atoms with van der Waals surface area (Å²) in [4.78, 5) is 13.3. The highest BCUT2D eigenvalue weighted by atomic mass is 16.5. The number of ether oxygens (including phenoxy) is 2. The van der Waals surface area contributed by atoms with Crippen LogP contribution in [0.5, 0.6) is 11.5 Å². The fourth-order valence-electron chi connectivity index (χ4n) is 5.71. The second-order valence-electron chi connectivity index (χ2n) is 11.0. The summed E-state index contributed by atoms with van der Waals surface area (Å²) >= 11 is 0. The normalized spacial score (nSPS) is 16.6. The summed E-state index contributed by atoms with van der Waals surface area (Å²) in [5.41, 5.74) is 2.39. The number of carbonyl (C=O) groups excluding carboxylic acids is 1. The Labute approximate surface area is 243 Å². The Bertz CT molecular complexity index is 1040. The number of carbonyl (C=O) groups is 1. The Morgan fingerprint density at radius 2 is 1.45 bits per heavy atom. The lowest BCUT2D eigenvalue weighted by atomic mass is 9.83. The van der Waals surface area contributed by atoms with Gasteiger partial charge in [0.25, 0.3) is 0 Å². The molecule has 1 amide bonds. The van der Waals surface area contributed by atoms with Crippen molar-refractivity contribution in [2.45, 2.75) is 109 Å². The first-order valence-electron chi connectivity index (χ1n) is 15.7. The van der Waals surface area contributed by atoms with Crippen molar-refractivity contribution in [2.75, 3.05) is 20.8 Å². The molecule has 1 heterocycles. The Morgan fingerprint density at radius 3 is 2.10 bits per heavy atom. The lowest BCUT2D eigenvalue weighted by Crippen LogP contribution is -2.59. The molecule has 5 nitrogen and oxygen atoms in total. The van der Waals surface area contributed by atoms with Crippen LogP contribution in [0.2, 0.25) is 0 Å². The summed E-state index contributed by atoms with van der Waals surface area (Å²) < 4.78 is 11.2. The van der Waals surface area contributed by atoms with Crippen LogP contribution < -0.4 is 20.1 Å². The molecule has 0 saturated carbocycles. The van der Waals surface area contributed by atoms with Gasteiger partial charge in [0, 0.05) is 18.5 Å². The van der Waals surface area contributed by atoms with Gasteiger partial charge in [-0.1, -0.05) is 101 Å². The Morgan fingerprint density at radius 1 is 0.850 bits per heavy atom. The molecule has 0 spiro atoms.